The fourth-order valence-corrected chi connectivity index (χ4v) is 4.36. The molecule has 0 spiro atoms. The minimum Gasteiger partial charge on any atom is -0.224 e. The molecule has 0 radical (unpaired) electrons. The summed E-state index contributed by atoms with van der Waals surface area (Å²) in [5.74, 6) is 0. The van der Waals surface area contributed by atoms with Gasteiger partial charge in [0.15, 0.2) is 9.84 Å². The van der Waals surface area contributed by atoms with Crippen LogP contribution in [0.3, 0.4) is 0 Å². The van der Waals surface area contributed by atoms with Gasteiger partial charge in [0.05, 0.1) is 13.5 Å². The maximum Gasteiger partial charge on any atom is 0.175 e. The van der Waals surface area contributed by atoms with Crippen LogP contribution in [0, 0.1) is 0 Å². The highest BCUT2D eigenvalue weighted by Crippen LogP contribution is 2.37. The van der Waals surface area contributed by atoms with Crippen molar-refractivity contribution in [3.63, 3.8) is 0 Å². The monoisotopic (exact) mass is 408 g/mol. The highest BCUT2D eigenvalue weighted by Gasteiger charge is 2.15. The van der Waals surface area contributed by atoms with E-state index in [4.69, 9.17) is 0 Å². The smallest absolute Gasteiger partial charge is 0.175 e. The fraction of sp³-hybridized carbons (Fsp3) is 0.167. The van der Waals surface area contributed by atoms with Crippen LogP contribution >= 0.6 is 43.2 Å². The SMILES string of the molecule is CS(=O)(=O)c1cccc(C(Br)c2ccc(Br)s2)c1. The van der Waals surface area contributed by atoms with Crippen molar-refractivity contribution in [2.24, 2.45) is 0 Å². The average Bonchev–Trinajstić information content (AvgIpc) is 2.74. The van der Waals surface area contributed by atoms with Gasteiger partial charge in [-0.3, -0.25) is 0 Å². The molecule has 0 aliphatic rings. The first-order valence-corrected chi connectivity index (χ1v) is 9.49. The first-order valence-electron chi connectivity index (χ1n) is 5.07. The fourth-order valence-electron chi connectivity index (χ4n) is 1.53. The van der Waals surface area contributed by atoms with E-state index in [2.05, 4.69) is 31.9 Å². The zero-order chi connectivity index (χ0) is 13.3. The van der Waals surface area contributed by atoms with Crippen LogP contribution < -0.4 is 0 Å². The number of rotatable bonds is 3. The van der Waals surface area contributed by atoms with Gasteiger partial charge in [-0.05, 0) is 45.8 Å². The van der Waals surface area contributed by atoms with E-state index in [1.807, 2.05) is 18.2 Å². The molecule has 0 saturated carbocycles. The van der Waals surface area contributed by atoms with Gasteiger partial charge in [0, 0.05) is 11.1 Å². The molecule has 0 aliphatic heterocycles. The molecule has 18 heavy (non-hydrogen) atoms. The Morgan fingerprint density at radius 3 is 2.50 bits per heavy atom. The van der Waals surface area contributed by atoms with E-state index >= 15 is 0 Å². The molecule has 2 rings (SSSR count). The second-order valence-electron chi connectivity index (χ2n) is 3.85. The van der Waals surface area contributed by atoms with Gasteiger partial charge in [0.1, 0.15) is 0 Å². The van der Waals surface area contributed by atoms with E-state index in [-0.39, 0.29) is 4.83 Å². The van der Waals surface area contributed by atoms with Crippen LogP contribution in [-0.4, -0.2) is 14.7 Å². The number of benzene rings is 1. The van der Waals surface area contributed by atoms with Gasteiger partial charge in [0.2, 0.25) is 0 Å². The van der Waals surface area contributed by atoms with Crippen LogP contribution in [0.25, 0.3) is 0 Å². The van der Waals surface area contributed by atoms with Gasteiger partial charge < -0.3 is 0 Å². The minimum atomic E-state index is -3.16. The quantitative estimate of drug-likeness (QED) is 0.704. The Balaban J connectivity index is 2.40. The first kappa shape index (κ1) is 14.2. The number of alkyl halides is 1. The van der Waals surface area contributed by atoms with Gasteiger partial charge in [-0.1, -0.05) is 28.1 Å². The Morgan fingerprint density at radius 1 is 1.22 bits per heavy atom. The molecule has 0 bridgehead atoms. The number of halogens is 2. The molecule has 1 atom stereocenters. The van der Waals surface area contributed by atoms with Crippen molar-refractivity contribution in [2.45, 2.75) is 9.72 Å². The van der Waals surface area contributed by atoms with Crippen molar-refractivity contribution in [3.05, 3.63) is 50.6 Å². The predicted octanol–water partition coefficient (Wildman–Crippen LogP) is 4.40. The molecular weight excluding hydrogens is 400 g/mol. The van der Waals surface area contributed by atoms with E-state index in [0.717, 1.165) is 14.2 Å². The molecule has 2 aromatic rings. The van der Waals surface area contributed by atoms with Crippen molar-refractivity contribution < 1.29 is 8.42 Å². The summed E-state index contributed by atoms with van der Waals surface area (Å²) < 4.78 is 24.1. The van der Waals surface area contributed by atoms with E-state index in [1.165, 1.54) is 6.26 Å². The molecule has 0 fully saturated rings. The Kier molecular flexibility index (Phi) is 4.31. The predicted molar refractivity (Wildman–Crippen MR) is 82.3 cm³/mol. The summed E-state index contributed by atoms with van der Waals surface area (Å²) in [6.45, 7) is 0. The lowest BCUT2D eigenvalue weighted by Crippen LogP contribution is -1.99. The zero-order valence-corrected chi connectivity index (χ0v) is 14.2. The Labute approximate surface area is 127 Å². The van der Waals surface area contributed by atoms with Crippen LogP contribution in [-0.2, 0) is 9.84 Å². The lowest BCUT2D eigenvalue weighted by molar-refractivity contribution is 0.602. The number of thiophene rings is 1. The maximum atomic E-state index is 11.5. The van der Waals surface area contributed by atoms with Crippen molar-refractivity contribution in [3.8, 4) is 0 Å². The topological polar surface area (TPSA) is 34.1 Å². The third-order valence-electron chi connectivity index (χ3n) is 2.42. The summed E-state index contributed by atoms with van der Waals surface area (Å²) in [6.07, 6.45) is 1.22. The van der Waals surface area contributed by atoms with Gasteiger partial charge in [-0.15, -0.1) is 11.3 Å². The lowest BCUT2D eigenvalue weighted by Gasteiger charge is -2.09. The summed E-state index contributed by atoms with van der Waals surface area (Å²) in [5.41, 5.74) is 0.937. The van der Waals surface area contributed by atoms with E-state index in [1.54, 1.807) is 29.5 Å². The lowest BCUT2D eigenvalue weighted by atomic mass is 10.1. The summed E-state index contributed by atoms with van der Waals surface area (Å²) in [6, 6.07) is 11.0. The molecule has 2 nitrogen and oxygen atoms in total. The van der Waals surface area contributed by atoms with Gasteiger partial charge >= 0.3 is 0 Å². The summed E-state index contributed by atoms with van der Waals surface area (Å²) in [4.78, 5) is 1.49. The molecule has 1 aromatic carbocycles. The first-order chi connectivity index (χ1) is 8.38. The molecular formula is C12H10Br2O2S2. The normalized spacial score (nSPS) is 13.5. The van der Waals surface area contributed by atoms with E-state index in [0.29, 0.717) is 4.90 Å². The standard InChI is InChI=1S/C12H10Br2O2S2/c1-18(15,16)9-4-2-3-8(7-9)12(14)10-5-6-11(13)17-10/h2-7,12H,1H3. The van der Waals surface area contributed by atoms with Crippen molar-refractivity contribution in [1.29, 1.82) is 0 Å². The molecule has 1 aromatic heterocycles. The van der Waals surface area contributed by atoms with Crippen molar-refractivity contribution >= 4 is 53.0 Å². The number of hydrogen-bond acceptors (Lipinski definition) is 3. The Bertz CT molecular complexity index is 662. The Morgan fingerprint density at radius 2 is 1.94 bits per heavy atom. The molecule has 0 N–H and O–H groups in total. The number of hydrogen-bond donors (Lipinski definition) is 0. The summed E-state index contributed by atoms with van der Waals surface area (Å²) in [7, 11) is -3.16. The molecule has 0 amide bonds. The average molecular weight is 410 g/mol. The second kappa shape index (κ2) is 5.45. The second-order valence-corrected chi connectivity index (χ2v) is 9.28. The van der Waals surface area contributed by atoms with Crippen molar-refractivity contribution in [2.75, 3.05) is 6.26 Å². The van der Waals surface area contributed by atoms with E-state index < -0.39 is 9.84 Å². The van der Waals surface area contributed by atoms with Crippen molar-refractivity contribution in [1.82, 2.24) is 0 Å². The number of sulfone groups is 1. The molecule has 1 heterocycles. The zero-order valence-electron chi connectivity index (χ0n) is 9.43. The minimum absolute atomic E-state index is 0.00972. The van der Waals surface area contributed by atoms with Crippen LogP contribution in [0.2, 0.25) is 0 Å². The largest absolute Gasteiger partial charge is 0.224 e. The third-order valence-corrected chi connectivity index (χ3v) is 6.55. The molecule has 6 heteroatoms. The van der Waals surface area contributed by atoms with E-state index in [9.17, 15) is 8.42 Å². The maximum absolute atomic E-state index is 11.5. The van der Waals surface area contributed by atoms with Gasteiger partial charge in [0.25, 0.3) is 0 Å². The summed E-state index contributed by atoms with van der Waals surface area (Å²) in [5, 5.41) is 0. The van der Waals surface area contributed by atoms with Crippen LogP contribution in [0.4, 0.5) is 0 Å². The summed E-state index contributed by atoms with van der Waals surface area (Å²) >= 11 is 8.65. The van der Waals surface area contributed by atoms with Crippen LogP contribution in [0.1, 0.15) is 15.3 Å². The molecule has 0 aliphatic carbocycles. The van der Waals surface area contributed by atoms with Crippen LogP contribution in [0.5, 0.6) is 0 Å². The Hall–Kier alpha value is -0.170. The molecule has 1 unspecified atom stereocenters. The molecule has 0 saturated heterocycles. The highest BCUT2D eigenvalue weighted by atomic mass is 79.9. The highest BCUT2D eigenvalue weighted by molar-refractivity contribution is 9.11. The van der Waals surface area contributed by atoms with Crippen LogP contribution in [0.15, 0.2) is 45.1 Å². The molecule has 96 valence electrons. The van der Waals surface area contributed by atoms with Gasteiger partial charge in [-0.25, -0.2) is 8.42 Å². The van der Waals surface area contributed by atoms with Gasteiger partial charge in [-0.2, -0.15) is 0 Å². The third kappa shape index (κ3) is 3.23.